The van der Waals surface area contributed by atoms with Gasteiger partial charge in [0.15, 0.2) is 0 Å². The molecule has 26 heavy (non-hydrogen) atoms. The smallest absolute Gasteiger partial charge is 0.124 e. The highest BCUT2D eigenvalue weighted by Gasteiger charge is 2.13. The summed E-state index contributed by atoms with van der Waals surface area (Å²) in [6.07, 6.45) is 4.17. The van der Waals surface area contributed by atoms with Gasteiger partial charge in [0.05, 0.1) is 28.7 Å². The van der Waals surface area contributed by atoms with Crippen molar-refractivity contribution < 1.29 is 0 Å². The number of pyridine rings is 1. The summed E-state index contributed by atoms with van der Waals surface area (Å²) in [5, 5.41) is 9.02. The lowest BCUT2D eigenvalue weighted by molar-refractivity contribution is 0.680. The Hall–Kier alpha value is -3.49. The maximum absolute atomic E-state index is 9.02. The van der Waals surface area contributed by atoms with Crippen molar-refractivity contribution in [2.75, 3.05) is 0 Å². The lowest BCUT2D eigenvalue weighted by atomic mass is 10.0. The number of hydrogen-bond donors (Lipinski definition) is 2. The van der Waals surface area contributed by atoms with Gasteiger partial charge in [0.25, 0.3) is 0 Å². The molecule has 1 unspecified atom stereocenters. The highest BCUT2D eigenvalue weighted by atomic mass is 15.0. The molecule has 5 nitrogen and oxygen atoms in total. The zero-order valence-electron chi connectivity index (χ0n) is 14.1. The van der Waals surface area contributed by atoms with Crippen LogP contribution in [0.15, 0.2) is 67.0 Å². The molecule has 0 radical (unpaired) electrons. The van der Waals surface area contributed by atoms with Crippen molar-refractivity contribution in [2.24, 2.45) is 5.73 Å². The molecule has 126 valence electrons. The molecule has 0 spiro atoms. The average Bonchev–Trinajstić information content (AvgIpc) is 3.12. The highest BCUT2D eigenvalue weighted by molar-refractivity contribution is 5.82. The first-order valence-corrected chi connectivity index (χ1v) is 8.37. The Morgan fingerprint density at radius 3 is 2.69 bits per heavy atom. The fourth-order valence-electron chi connectivity index (χ4n) is 3.04. The van der Waals surface area contributed by atoms with Crippen LogP contribution in [0.4, 0.5) is 0 Å². The van der Waals surface area contributed by atoms with Crippen molar-refractivity contribution >= 4 is 11.0 Å². The summed E-state index contributed by atoms with van der Waals surface area (Å²) in [6, 6.07) is 19.5. The zero-order valence-corrected chi connectivity index (χ0v) is 14.1. The fourth-order valence-corrected chi connectivity index (χ4v) is 3.04. The number of nitrogens with zero attached hydrogens (tertiary/aromatic N) is 3. The van der Waals surface area contributed by atoms with Gasteiger partial charge in [-0.25, -0.2) is 4.98 Å². The van der Waals surface area contributed by atoms with E-state index in [1.54, 1.807) is 18.5 Å². The molecule has 3 N–H and O–H groups in total. The number of hydrogen-bond acceptors (Lipinski definition) is 4. The van der Waals surface area contributed by atoms with Crippen LogP contribution in [0, 0.1) is 11.3 Å². The molecular formula is C21H17N5. The second kappa shape index (κ2) is 6.79. The molecular weight excluding hydrogens is 322 g/mol. The number of rotatable bonds is 4. The summed E-state index contributed by atoms with van der Waals surface area (Å²) < 4.78 is 0. The predicted octanol–water partition coefficient (Wildman–Crippen LogP) is 3.74. The number of fused-ring (bicyclic) bond motifs is 1. The summed E-state index contributed by atoms with van der Waals surface area (Å²) >= 11 is 0. The van der Waals surface area contributed by atoms with E-state index in [2.05, 4.69) is 27.1 Å². The van der Waals surface area contributed by atoms with E-state index >= 15 is 0 Å². The first-order chi connectivity index (χ1) is 12.7. The topological polar surface area (TPSA) is 91.4 Å². The number of benzene rings is 2. The van der Waals surface area contributed by atoms with Crippen LogP contribution in [0.3, 0.4) is 0 Å². The van der Waals surface area contributed by atoms with Crippen LogP contribution < -0.4 is 5.73 Å². The molecule has 1 atom stereocenters. The number of aromatic nitrogens is 3. The Bertz CT molecular complexity index is 1090. The molecule has 4 aromatic rings. The minimum Gasteiger partial charge on any atom is -0.341 e. The van der Waals surface area contributed by atoms with E-state index in [-0.39, 0.29) is 6.04 Å². The van der Waals surface area contributed by atoms with Crippen LogP contribution >= 0.6 is 0 Å². The minimum absolute atomic E-state index is 0.263. The number of aromatic amines is 1. The van der Waals surface area contributed by atoms with Crippen LogP contribution in [0.5, 0.6) is 0 Å². The van der Waals surface area contributed by atoms with Crippen LogP contribution in [0.25, 0.3) is 22.2 Å². The normalized spacial score (nSPS) is 12.0. The number of imidazole rings is 1. The molecule has 0 aliphatic rings. The largest absolute Gasteiger partial charge is 0.341 e. The van der Waals surface area contributed by atoms with Gasteiger partial charge in [0.1, 0.15) is 5.82 Å². The van der Waals surface area contributed by atoms with E-state index in [1.165, 1.54) is 0 Å². The predicted molar refractivity (Wildman–Crippen MR) is 101 cm³/mol. The van der Waals surface area contributed by atoms with Crippen molar-refractivity contribution in [2.45, 2.75) is 12.5 Å². The van der Waals surface area contributed by atoms with Crippen molar-refractivity contribution in [1.29, 1.82) is 5.26 Å². The van der Waals surface area contributed by atoms with Crippen LogP contribution in [-0.2, 0) is 6.42 Å². The molecule has 0 saturated heterocycles. The van der Waals surface area contributed by atoms with Gasteiger partial charge in [0, 0.05) is 12.4 Å². The van der Waals surface area contributed by atoms with Gasteiger partial charge in [-0.1, -0.05) is 18.2 Å². The van der Waals surface area contributed by atoms with Crippen molar-refractivity contribution in [3.05, 3.63) is 83.9 Å². The number of nitrogens with one attached hydrogen (secondary N) is 1. The molecule has 0 amide bonds. The van der Waals surface area contributed by atoms with Crippen LogP contribution in [0.2, 0.25) is 0 Å². The first kappa shape index (κ1) is 16.0. The van der Waals surface area contributed by atoms with Gasteiger partial charge < -0.3 is 10.7 Å². The van der Waals surface area contributed by atoms with Crippen molar-refractivity contribution in [3.8, 4) is 17.2 Å². The monoisotopic (exact) mass is 339 g/mol. The number of H-pyrrole nitrogens is 1. The van der Waals surface area contributed by atoms with Crippen molar-refractivity contribution in [3.63, 3.8) is 0 Å². The quantitative estimate of drug-likeness (QED) is 0.592. The third-order valence-electron chi connectivity index (χ3n) is 4.38. The maximum Gasteiger partial charge on any atom is 0.124 e. The SMILES string of the molecule is N#Cc1cccc(CC(N)c2nc3cc(-c4ccncc4)ccc3[nH]2)c1. The lowest BCUT2D eigenvalue weighted by Crippen LogP contribution is -2.15. The number of nitriles is 1. The van der Waals surface area contributed by atoms with E-state index in [1.807, 2.05) is 42.5 Å². The Labute approximate surface area is 151 Å². The van der Waals surface area contributed by atoms with Gasteiger partial charge in [-0.3, -0.25) is 4.98 Å². The molecule has 2 heterocycles. The minimum atomic E-state index is -0.263. The summed E-state index contributed by atoms with van der Waals surface area (Å²) in [6.45, 7) is 0. The Balaban J connectivity index is 1.61. The van der Waals surface area contributed by atoms with Gasteiger partial charge in [-0.05, 0) is 59.5 Å². The summed E-state index contributed by atoms with van der Waals surface area (Å²) in [4.78, 5) is 12.0. The standard InChI is InChI=1S/C21H17N5/c22-13-15-3-1-2-14(10-15)11-18(23)21-25-19-5-4-17(12-20(19)26-21)16-6-8-24-9-7-16/h1-10,12,18H,11,23H2,(H,25,26). The Kier molecular flexibility index (Phi) is 4.18. The third-order valence-corrected chi connectivity index (χ3v) is 4.38. The van der Waals surface area contributed by atoms with E-state index in [4.69, 9.17) is 11.0 Å². The Morgan fingerprint density at radius 2 is 1.88 bits per heavy atom. The van der Waals surface area contributed by atoms with Gasteiger partial charge in [-0.2, -0.15) is 5.26 Å². The molecule has 0 aliphatic carbocycles. The van der Waals surface area contributed by atoms with E-state index in [0.717, 1.165) is 33.5 Å². The van der Waals surface area contributed by atoms with Crippen LogP contribution in [-0.4, -0.2) is 15.0 Å². The molecule has 4 rings (SSSR count). The zero-order chi connectivity index (χ0) is 17.9. The Morgan fingerprint density at radius 1 is 1.04 bits per heavy atom. The molecule has 2 aromatic heterocycles. The van der Waals surface area contributed by atoms with E-state index in [9.17, 15) is 0 Å². The molecule has 5 heteroatoms. The summed E-state index contributed by atoms with van der Waals surface area (Å²) in [5.74, 6) is 0.745. The van der Waals surface area contributed by atoms with Gasteiger partial charge in [-0.15, -0.1) is 0 Å². The lowest BCUT2D eigenvalue weighted by Gasteiger charge is -2.08. The average molecular weight is 339 g/mol. The van der Waals surface area contributed by atoms with Crippen LogP contribution in [0.1, 0.15) is 23.0 Å². The molecule has 2 aromatic carbocycles. The number of nitrogens with two attached hydrogens (primary N) is 1. The fraction of sp³-hybridized carbons (Fsp3) is 0.0952. The molecule has 0 aliphatic heterocycles. The summed E-state index contributed by atoms with van der Waals surface area (Å²) in [5.41, 5.74) is 12.0. The second-order valence-electron chi connectivity index (χ2n) is 6.21. The van der Waals surface area contributed by atoms with E-state index in [0.29, 0.717) is 12.0 Å². The summed E-state index contributed by atoms with van der Waals surface area (Å²) in [7, 11) is 0. The molecule has 0 fully saturated rings. The van der Waals surface area contributed by atoms with Gasteiger partial charge in [0.2, 0.25) is 0 Å². The molecule has 0 bridgehead atoms. The third kappa shape index (κ3) is 3.18. The highest BCUT2D eigenvalue weighted by Crippen LogP contribution is 2.24. The maximum atomic E-state index is 9.02. The van der Waals surface area contributed by atoms with Gasteiger partial charge >= 0.3 is 0 Å². The second-order valence-corrected chi connectivity index (χ2v) is 6.21. The molecule has 0 saturated carbocycles. The van der Waals surface area contributed by atoms with Crippen molar-refractivity contribution in [1.82, 2.24) is 15.0 Å². The first-order valence-electron chi connectivity index (χ1n) is 8.37. The van der Waals surface area contributed by atoms with E-state index < -0.39 is 0 Å².